The van der Waals surface area contributed by atoms with E-state index in [-0.39, 0.29) is 17.6 Å². The predicted molar refractivity (Wildman–Crippen MR) is 101 cm³/mol. The summed E-state index contributed by atoms with van der Waals surface area (Å²) in [5.41, 5.74) is 0.358. The zero-order chi connectivity index (χ0) is 18.1. The molecule has 1 heterocycles. The Morgan fingerprint density at radius 2 is 1.77 bits per heavy atom. The highest BCUT2D eigenvalue weighted by atomic mass is 32.2. The fourth-order valence-electron chi connectivity index (χ4n) is 5.68. The van der Waals surface area contributed by atoms with Gasteiger partial charge >= 0.3 is 0 Å². The van der Waals surface area contributed by atoms with Crippen molar-refractivity contribution < 1.29 is 14.1 Å². The Morgan fingerprint density at radius 1 is 1.15 bits per heavy atom. The Morgan fingerprint density at radius 3 is 2.35 bits per heavy atom. The molecule has 5 rings (SSSR count). The zero-order valence-electron chi connectivity index (χ0n) is 15.3. The molecule has 0 spiro atoms. The monoisotopic (exact) mass is 377 g/mol. The normalized spacial score (nSPS) is 31.8. The number of aryl methyl sites for hydroxylation is 1. The van der Waals surface area contributed by atoms with Crippen molar-refractivity contribution in [1.82, 2.24) is 10.5 Å². The van der Waals surface area contributed by atoms with Crippen LogP contribution in [-0.4, -0.2) is 35.0 Å². The molecule has 1 aromatic heterocycles. The van der Waals surface area contributed by atoms with E-state index in [2.05, 4.69) is 15.8 Å². The summed E-state index contributed by atoms with van der Waals surface area (Å²) < 4.78 is 4.90. The van der Waals surface area contributed by atoms with Crippen LogP contribution in [0, 0.1) is 30.1 Å². The molecular formula is C19H27N3O3S. The molecule has 4 aliphatic carbocycles. The van der Waals surface area contributed by atoms with Crippen LogP contribution in [0.15, 0.2) is 10.6 Å². The smallest absolute Gasteiger partial charge is 0.235 e. The highest BCUT2D eigenvalue weighted by Crippen LogP contribution is 2.59. The Kier molecular flexibility index (Phi) is 4.99. The fourth-order valence-corrected chi connectivity index (χ4v) is 6.33. The third-order valence-electron chi connectivity index (χ3n) is 6.19. The summed E-state index contributed by atoms with van der Waals surface area (Å²) >= 11 is 1.33. The molecule has 1 aromatic rings. The molecule has 0 saturated heterocycles. The number of hydrogen-bond donors (Lipinski definition) is 2. The van der Waals surface area contributed by atoms with Crippen LogP contribution >= 0.6 is 11.8 Å². The molecule has 26 heavy (non-hydrogen) atoms. The van der Waals surface area contributed by atoms with Gasteiger partial charge in [-0.25, -0.2) is 0 Å². The summed E-state index contributed by atoms with van der Waals surface area (Å²) in [4.78, 5) is 24.0. The Hall–Kier alpha value is -1.50. The number of aromatic nitrogens is 1. The number of nitrogens with zero attached hydrogens (tertiary/aromatic N) is 1. The van der Waals surface area contributed by atoms with E-state index in [1.54, 1.807) is 13.0 Å². The minimum absolute atomic E-state index is 0.0378. The number of amides is 2. The van der Waals surface area contributed by atoms with Gasteiger partial charge in [-0.05, 0) is 68.6 Å². The molecule has 6 nitrogen and oxygen atoms in total. The second-order valence-corrected chi connectivity index (χ2v) is 9.54. The van der Waals surface area contributed by atoms with E-state index < -0.39 is 0 Å². The van der Waals surface area contributed by atoms with E-state index in [4.69, 9.17) is 4.52 Å². The van der Waals surface area contributed by atoms with E-state index in [1.165, 1.54) is 50.3 Å². The molecule has 4 aliphatic rings. The molecule has 2 N–H and O–H groups in total. The lowest BCUT2D eigenvalue weighted by Crippen LogP contribution is -2.51. The number of carbonyl (C=O) groups excluding carboxylic acids is 2. The van der Waals surface area contributed by atoms with Crippen LogP contribution < -0.4 is 10.6 Å². The quantitative estimate of drug-likeness (QED) is 0.763. The third-order valence-corrected chi connectivity index (χ3v) is 7.12. The predicted octanol–water partition coefficient (Wildman–Crippen LogP) is 2.99. The average Bonchev–Trinajstić information content (AvgIpc) is 2.96. The molecule has 0 radical (unpaired) electrons. The van der Waals surface area contributed by atoms with Crippen LogP contribution in [0.3, 0.4) is 0 Å². The fraction of sp³-hybridized carbons (Fsp3) is 0.737. The SMILES string of the molecule is Cc1cc(NC(=O)CSCC(=O)NCC23CC4CC(CC(C4)C2)C3)no1. The maximum Gasteiger partial charge on any atom is 0.235 e. The van der Waals surface area contributed by atoms with Gasteiger partial charge in [0.2, 0.25) is 11.8 Å². The van der Waals surface area contributed by atoms with E-state index >= 15 is 0 Å². The van der Waals surface area contributed by atoms with Crippen molar-refractivity contribution in [3.05, 3.63) is 11.8 Å². The van der Waals surface area contributed by atoms with Gasteiger partial charge in [0.15, 0.2) is 5.82 Å². The van der Waals surface area contributed by atoms with Crippen molar-refractivity contribution in [2.45, 2.75) is 45.4 Å². The second kappa shape index (κ2) is 7.25. The minimum Gasteiger partial charge on any atom is -0.360 e. The molecule has 4 saturated carbocycles. The van der Waals surface area contributed by atoms with E-state index in [1.807, 2.05) is 0 Å². The van der Waals surface area contributed by atoms with Crippen molar-refractivity contribution in [1.29, 1.82) is 0 Å². The number of carbonyl (C=O) groups is 2. The first-order chi connectivity index (χ1) is 12.5. The van der Waals surface area contributed by atoms with Gasteiger partial charge in [0.1, 0.15) is 5.76 Å². The van der Waals surface area contributed by atoms with Gasteiger partial charge in [-0.2, -0.15) is 0 Å². The van der Waals surface area contributed by atoms with E-state index in [0.717, 1.165) is 24.3 Å². The first-order valence-corrected chi connectivity index (χ1v) is 10.7. The molecule has 7 heteroatoms. The first kappa shape index (κ1) is 17.9. The summed E-state index contributed by atoms with van der Waals surface area (Å²) in [6, 6.07) is 1.67. The summed E-state index contributed by atoms with van der Waals surface area (Å²) in [6.07, 6.45) is 8.15. The first-order valence-electron chi connectivity index (χ1n) is 9.57. The largest absolute Gasteiger partial charge is 0.360 e. The van der Waals surface area contributed by atoms with Crippen molar-refractivity contribution in [3.63, 3.8) is 0 Å². The van der Waals surface area contributed by atoms with Gasteiger partial charge < -0.3 is 15.2 Å². The maximum atomic E-state index is 12.2. The molecular weight excluding hydrogens is 350 g/mol. The van der Waals surface area contributed by atoms with Crippen LogP contribution in [0.5, 0.6) is 0 Å². The van der Waals surface area contributed by atoms with Crippen LogP contribution in [0.2, 0.25) is 0 Å². The molecule has 2 amide bonds. The van der Waals surface area contributed by atoms with Gasteiger partial charge in [-0.1, -0.05) is 5.16 Å². The zero-order valence-corrected chi connectivity index (χ0v) is 16.1. The molecule has 0 aromatic carbocycles. The Bertz CT molecular complexity index is 652. The number of rotatable bonds is 7. The highest BCUT2D eigenvalue weighted by Gasteiger charge is 2.50. The second-order valence-electron chi connectivity index (χ2n) is 8.56. The van der Waals surface area contributed by atoms with Gasteiger partial charge in [0.05, 0.1) is 11.5 Å². The number of hydrogen-bond acceptors (Lipinski definition) is 5. The molecule has 0 unspecified atom stereocenters. The summed E-state index contributed by atoms with van der Waals surface area (Å²) in [7, 11) is 0. The lowest BCUT2D eigenvalue weighted by molar-refractivity contribution is -0.120. The lowest BCUT2D eigenvalue weighted by atomic mass is 9.49. The van der Waals surface area contributed by atoms with E-state index in [0.29, 0.717) is 22.7 Å². The Labute approximate surface area is 158 Å². The van der Waals surface area contributed by atoms with Crippen LogP contribution in [-0.2, 0) is 9.59 Å². The number of anilines is 1. The highest BCUT2D eigenvalue weighted by molar-refractivity contribution is 8.00. The number of thioether (sulfide) groups is 1. The molecule has 4 fully saturated rings. The van der Waals surface area contributed by atoms with Crippen molar-refractivity contribution in [2.24, 2.45) is 23.2 Å². The summed E-state index contributed by atoms with van der Waals surface area (Å²) in [5.74, 6) is 4.18. The maximum absolute atomic E-state index is 12.2. The van der Waals surface area contributed by atoms with Crippen LogP contribution in [0.4, 0.5) is 5.82 Å². The average molecular weight is 378 g/mol. The minimum atomic E-state index is -0.169. The lowest BCUT2D eigenvalue weighted by Gasteiger charge is -2.56. The van der Waals surface area contributed by atoms with Crippen LogP contribution in [0.1, 0.15) is 44.3 Å². The summed E-state index contributed by atoms with van der Waals surface area (Å²) in [6.45, 7) is 2.59. The number of nitrogens with one attached hydrogen (secondary N) is 2. The van der Waals surface area contributed by atoms with Crippen molar-refractivity contribution >= 4 is 29.4 Å². The summed E-state index contributed by atoms with van der Waals surface area (Å²) in [5, 5.41) is 9.53. The van der Waals surface area contributed by atoms with Crippen molar-refractivity contribution in [3.8, 4) is 0 Å². The van der Waals surface area contributed by atoms with Gasteiger partial charge in [0, 0.05) is 12.6 Å². The standard InChI is InChI=1S/C19H27N3O3S/c1-12-2-16(22-25-12)21-18(24)10-26-9-17(23)20-11-19-6-13-3-14(7-19)5-15(4-13)8-19/h2,13-15H,3-11H2,1H3,(H,20,23)(H,21,22,24). The van der Waals surface area contributed by atoms with E-state index in [9.17, 15) is 9.59 Å². The molecule has 0 atom stereocenters. The van der Waals surface area contributed by atoms with Crippen LogP contribution in [0.25, 0.3) is 0 Å². The molecule has 0 aliphatic heterocycles. The van der Waals surface area contributed by atoms with Gasteiger partial charge in [-0.15, -0.1) is 11.8 Å². The topological polar surface area (TPSA) is 84.2 Å². The van der Waals surface area contributed by atoms with Crippen molar-refractivity contribution in [2.75, 3.05) is 23.4 Å². The van der Waals surface area contributed by atoms with Gasteiger partial charge in [0.25, 0.3) is 0 Å². The van der Waals surface area contributed by atoms with Gasteiger partial charge in [-0.3, -0.25) is 9.59 Å². The molecule has 142 valence electrons. The molecule has 4 bridgehead atoms. The Balaban J connectivity index is 1.16. The third kappa shape index (κ3) is 4.08.